The summed E-state index contributed by atoms with van der Waals surface area (Å²) in [4.78, 5) is 24.1. The molecule has 0 fully saturated rings. The van der Waals surface area contributed by atoms with Crippen molar-refractivity contribution in [3.8, 4) is 5.82 Å². The van der Waals surface area contributed by atoms with E-state index in [0.717, 1.165) is 13.0 Å². The van der Waals surface area contributed by atoms with Gasteiger partial charge in [0.15, 0.2) is 5.82 Å². The third kappa shape index (κ3) is 2.29. The van der Waals surface area contributed by atoms with Crippen LogP contribution in [-0.2, 0) is 13.0 Å². The van der Waals surface area contributed by atoms with E-state index < -0.39 is 0 Å². The highest BCUT2D eigenvalue weighted by Gasteiger charge is 2.22. The second-order valence-corrected chi connectivity index (χ2v) is 6.09. The van der Waals surface area contributed by atoms with Crippen molar-refractivity contribution in [2.75, 3.05) is 6.54 Å². The quantitative estimate of drug-likeness (QED) is 0.725. The van der Waals surface area contributed by atoms with E-state index in [1.165, 1.54) is 16.8 Å². The summed E-state index contributed by atoms with van der Waals surface area (Å²) in [5.74, 6) is 0.622. The number of amides is 1. The van der Waals surface area contributed by atoms with Crippen molar-refractivity contribution in [3.63, 3.8) is 0 Å². The molecule has 0 unspecified atom stereocenters. The van der Waals surface area contributed by atoms with Crippen LogP contribution in [0.1, 0.15) is 20.8 Å². The molecule has 4 rings (SSSR count). The first kappa shape index (κ1) is 13.1. The van der Waals surface area contributed by atoms with Gasteiger partial charge in [-0.2, -0.15) is 5.10 Å². The molecule has 3 aromatic rings. The van der Waals surface area contributed by atoms with Crippen molar-refractivity contribution in [1.82, 2.24) is 24.6 Å². The Bertz CT molecular complexity index is 811. The van der Waals surface area contributed by atoms with Crippen LogP contribution in [-0.4, -0.2) is 37.1 Å². The summed E-state index contributed by atoms with van der Waals surface area (Å²) in [5.41, 5.74) is 1.88. The van der Waals surface area contributed by atoms with Crippen molar-refractivity contribution in [1.29, 1.82) is 0 Å². The molecular formula is C15H13N5OS. The first-order chi connectivity index (χ1) is 10.8. The highest BCUT2D eigenvalue weighted by atomic mass is 32.1. The van der Waals surface area contributed by atoms with Gasteiger partial charge in [0.2, 0.25) is 0 Å². The van der Waals surface area contributed by atoms with Gasteiger partial charge in [-0.25, -0.2) is 14.6 Å². The first-order valence-corrected chi connectivity index (χ1v) is 7.85. The molecular weight excluding hydrogens is 298 g/mol. The number of carbonyl (C=O) groups excluding carboxylic acids is 1. The number of hydrogen-bond acceptors (Lipinski definition) is 5. The molecule has 0 atom stereocenters. The van der Waals surface area contributed by atoms with Crippen LogP contribution in [0.3, 0.4) is 0 Å². The van der Waals surface area contributed by atoms with Gasteiger partial charge in [-0.15, -0.1) is 11.3 Å². The summed E-state index contributed by atoms with van der Waals surface area (Å²) < 4.78 is 1.55. The average Bonchev–Trinajstić information content (AvgIpc) is 3.25. The molecule has 22 heavy (non-hydrogen) atoms. The summed E-state index contributed by atoms with van der Waals surface area (Å²) in [6.45, 7) is 1.44. The molecule has 110 valence electrons. The van der Waals surface area contributed by atoms with Gasteiger partial charge in [-0.05, 0) is 35.6 Å². The Morgan fingerprint density at radius 1 is 1.32 bits per heavy atom. The molecule has 7 heteroatoms. The Morgan fingerprint density at radius 3 is 3.14 bits per heavy atom. The van der Waals surface area contributed by atoms with E-state index in [1.54, 1.807) is 40.7 Å². The lowest BCUT2D eigenvalue weighted by molar-refractivity contribution is 0.0735. The van der Waals surface area contributed by atoms with Crippen molar-refractivity contribution >= 4 is 17.2 Å². The van der Waals surface area contributed by atoms with Crippen LogP contribution >= 0.6 is 11.3 Å². The minimum absolute atomic E-state index is 0.0283. The van der Waals surface area contributed by atoms with Gasteiger partial charge >= 0.3 is 0 Å². The zero-order chi connectivity index (χ0) is 14.9. The van der Waals surface area contributed by atoms with Gasteiger partial charge < -0.3 is 4.90 Å². The zero-order valence-electron chi connectivity index (χ0n) is 11.7. The Balaban J connectivity index is 1.60. The number of pyridine rings is 1. The predicted octanol–water partition coefficient (Wildman–Crippen LogP) is 1.92. The second-order valence-electron chi connectivity index (χ2n) is 5.09. The van der Waals surface area contributed by atoms with Gasteiger partial charge in [0.05, 0.1) is 0 Å². The normalized spacial score (nSPS) is 13.9. The molecule has 0 spiro atoms. The number of hydrogen-bond donors (Lipinski definition) is 0. The number of thiophene rings is 1. The van der Waals surface area contributed by atoms with E-state index in [1.807, 2.05) is 4.90 Å². The highest BCUT2D eigenvalue weighted by Crippen LogP contribution is 2.25. The van der Waals surface area contributed by atoms with Crippen LogP contribution in [0.4, 0.5) is 0 Å². The van der Waals surface area contributed by atoms with E-state index in [-0.39, 0.29) is 5.91 Å². The van der Waals surface area contributed by atoms with Crippen LogP contribution < -0.4 is 0 Å². The monoisotopic (exact) mass is 311 g/mol. The standard InChI is InChI=1S/C15H13N5OS/c21-15(19-5-2-13-12(8-19)3-6-22-13)11-1-4-17-14(7-11)20-10-16-9-18-20/h1,3-4,6-7,9-10H,2,5,8H2. The average molecular weight is 311 g/mol. The van der Waals surface area contributed by atoms with Crippen LogP contribution in [0.2, 0.25) is 0 Å². The molecule has 1 aliphatic rings. The fourth-order valence-corrected chi connectivity index (χ4v) is 3.50. The maximum atomic E-state index is 12.7. The van der Waals surface area contributed by atoms with E-state index >= 15 is 0 Å². The number of rotatable bonds is 2. The predicted molar refractivity (Wildman–Crippen MR) is 81.9 cm³/mol. The van der Waals surface area contributed by atoms with Gasteiger partial charge in [0.1, 0.15) is 12.7 Å². The van der Waals surface area contributed by atoms with Crippen LogP contribution in [0.25, 0.3) is 5.82 Å². The topological polar surface area (TPSA) is 63.9 Å². The van der Waals surface area contributed by atoms with E-state index in [9.17, 15) is 4.79 Å². The number of fused-ring (bicyclic) bond motifs is 1. The molecule has 0 aliphatic carbocycles. The molecule has 0 aromatic carbocycles. The second kappa shape index (κ2) is 5.34. The van der Waals surface area contributed by atoms with Gasteiger partial charge in [-0.3, -0.25) is 4.79 Å². The lowest BCUT2D eigenvalue weighted by Crippen LogP contribution is -2.35. The smallest absolute Gasteiger partial charge is 0.254 e. The van der Waals surface area contributed by atoms with Crippen LogP contribution in [0.5, 0.6) is 0 Å². The maximum absolute atomic E-state index is 12.7. The van der Waals surface area contributed by atoms with Gasteiger partial charge in [0.25, 0.3) is 5.91 Å². The molecule has 3 aromatic heterocycles. The van der Waals surface area contributed by atoms with Crippen molar-refractivity contribution in [2.45, 2.75) is 13.0 Å². The third-order valence-corrected chi connectivity index (χ3v) is 4.76. The van der Waals surface area contributed by atoms with Crippen molar-refractivity contribution in [2.24, 2.45) is 0 Å². The molecule has 0 N–H and O–H groups in total. The highest BCUT2D eigenvalue weighted by molar-refractivity contribution is 7.10. The Morgan fingerprint density at radius 2 is 2.27 bits per heavy atom. The lowest BCUT2D eigenvalue weighted by Gasteiger charge is -2.27. The summed E-state index contributed by atoms with van der Waals surface area (Å²) in [6.07, 6.45) is 5.57. The van der Waals surface area contributed by atoms with Crippen molar-refractivity contribution < 1.29 is 4.79 Å². The number of aromatic nitrogens is 4. The summed E-state index contributed by atoms with van der Waals surface area (Å²) in [5, 5.41) is 6.13. The molecule has 0 saturated heterocycles. The van der Waals surface area contributed by atoms with E-state index in [0.29, 0.717) is 17.9 Å². The Labute approximate surface area is 131 Å². The van der Waals surface area contributed by atoms with Gasteiger partial charge in [-0.1, -0.05) is 0 Å². The minimum Gasteiger partial charge on any atom is -0.334 e. The Kier molecular flexibility index (Phi) is 3.19. The summed E-state index contributed by atoms with van der Waals surface area (Å²) in [7, 11) is 0. The first-order valence-electron chi connectivity index (χ1n) is 6.97. The molecule has 0 saturated carbocycles. The molecule has 6 nitrogen and oxygen atoms in total. The molecule has 4 heterocycles. The fraction of sp³-hybridized carbons (Fsp3) is 0.200. The molecule has 1 aliphatic heterocycles. The number of nitrogens with zero attached hydrogens (tertiary/aromatic N) is 5. The lowest BCUT2D eigenvalue weighted by atomic mass is 10.1. The molecule has 0 bridgehead atoms. The fourth-order valence-electron chi connectivity index (χ4n) is 2.61. The molecule has 0 radical (unpaired) electrons. The summed E-state index contributed by atoms with van der Waals surface area (Å²) >= 11 is 1.77. The minimum atomic E-state index is 0.0283. The van der Waals surface area contributed by atoms with Crippen LogP contribution in [0.15, 0.2) is 42.4 Å². The maximum Gasteiger partial charge on any atom is 0.254 e. The van der Waals surface area contributed by atoms with Crippen LogP contribution in [0, 0.1) is 0 Å². The van der Waals surface area contributed by atoms with E-state index in [2.05, 4.69) is 26.5 Å². The third-order valence-electron chi connectivity index (χ3n) is 3.74. The SMILES string of the molecule is O=C(c1ccnc(-n2cncn2)c1)N1CCc2sccc2C1. The van der Waals surface area contributed by atoms with Gasteiger partial charge in [0, 0.05) is 29.7 Å². The number of carbonyl (C=O) groups is 1. The Hall–Kier alpha value is -2.54. The van der Waals surface area contributed by atoms with E-state index in [4.69, 9.17) is 0 Å². The largest absolute Gasteiger partial charge is 0.334 e. The zero-order valence-corrected chi connectivity index (χ0v) is 12.5. The molecule has 1 amide bonds. The van der Waals surface area contributed by atoms with Crippen molar-refractivity contribution in [3.05, 3.63) is 58.4 Å². The summed E-state index contributed by atoms with van der Waals surface area (Å²) in [6, 6.07) is 5.60.